The van der Waals surface area contributed by atoms with Crippen LogP contribution in [0.2, 0.25) is 0 Å². The molecule has 0 atom stereocenters. The standard InChI is InChI=1S/C17H25N3O3S/c1-3-18-24(22,23)16-8-5-15(6-9-16)7-10-17(21)20-12-4-11-19(2)13-14-20/h5-10,18H,3-4,11-14H2,1-2H3/b10-7+. The zero-order valence-corrected chi connectivity index (χ0v) is 15.1. The maximum atomic E-state index is 12.3. The van der Waals surface area contributed by atoms with E-state index in [0.29, 0.717) is 6.54 Å². The third-order valence-electron chi connectivity index (χ3n) is 3.97. The van der Waals surface area contributed by atoms with Crippen LogP contribution in [0.1, 0.15) is 18.9 Å². The Labute approximate surface area is 144 Å². The van der Waals surface area contributed by atoms with Gasteiger partial charge in [0.15, 0.2) is 0 Å². The summed E-state index contributed by atoms with van der Waals surface area (Å²) in [4.78, 5) is 16.6. The number of carbonyl (C=O) groups excluding carboxylic acids is 1. The lowest BCUT2D eigenvalue weighted by atomic mass is 10.2. The molecule has 6 nitrogen and oxygen atoms in total. The van der Waals surface area contributed by atoms with Gasteiger partial charge in [-0.1, -0.05) is 19.1 Å². The van der Waals surface area contributed by atoms with Crippen molar-refractivity contribution in [2.75, 3.05) is 39.8 Å². The quantitative estimate of drug-likeness (QED) is 0.809. The van der Waals surface area contributed by atoms with E-state index in [-0.39, 0.29) is 10.8 Å². The second-order valence-corrected chi connectivity index (χ2v) is 7.65. The van der Waals surface area contributed by atoms with E-state index in [9.17, 15) is 13.2 Å². The number of benzene rings is 1. The molecule has 7 heteroatoms. The summed E-state index contributed by atoms with van der Waals surface area (Å²) < 4.78 is 26.2. The Kier molecular flexibility index (Phi) is 6.53. The highest BCUT2D eigenvalue weighted by Gasteiger charge is 2.15. The van der Waals surface area contributed by atoms with E-state index in [0.717, 1.165) is 38.2 Å². The number of likely N-dealkylation sites (N-methyl/N-ethyl adjacent to an activating group) is 1. The van der Waals surface area contributed by atoms with Crippen molar-refractivity contribution in [2.24, 2.45) is 0 Å². The van der Waals surface area contributed by atoms with Crippen molar-refractivity contribution < 1.29 is 13.2 Å². The minimum Gasteiger partial charge on any atom is -0.338 e. The van der Waals surface area contributed by atoms with Gasteiger partial charge in [-0.3, -0.25) is 4.79 Å². The molecule has 0 saturated carbocycles. The lowest BCUT2D eigenvalue weighted by Crippen LogP contribution is -2.33. The fraction of sp³-hybridized carbons (Fsp3) is 0.471. The van der Waals surface area contributed by atoms with Crippen LogP contribution in [0.15, 0.2) is 35.2 Å². The van der Waals surface area contributed by atoms with Crippen LogP contribution in [0.4, 0.5) is 0 Å². The summed E-state index contributed by atoms with van der Waals surface area (Å²) >= 11 is 0. The molecule has 0 radical (unpaired) electrons. The van der Waals surface area contributed by atoms with Gasteiger partial charge in [0, 0.05) is 32.3 Å². The maximum absolute atomic E-state index is 12.3. The predicted molar refractivity (Wildman–Crippen MR) is 95.0 cm³/mol. The van der Waals surface area contributed by atoms with E-state index in [1.165, 1.54) is 0 Å². The lowest BCUT2D eigenvalue weighted by molar-refractivity contribution is -0.125. The highest BCUT2D eigenvalue weighted by molar-refractivity contribution is 7.89. The van der Waals surface area contributed by atoms with Gasteiger partial charge in [0.1, 0.15) is 0 Å². The van der Waals surface area contributed by atoms with E-state index in [4.69, 9.17) is 0 Å². The molecular weight excluding hydrogens is 326 g/mol. The molecule has 0 unspecified atom stereocenters. The van der Waals surface area contributed by atoms with Gasteiger partial charge in [-0.25, -0.2) is 13.1 Å². The molecular formula is C17H25N3O3S. The van der Waals surface area contributed by atoms with Gasteiger partial charge in [-0.2, -0.15) is 0 Å². The van der Waals surface area contributed by atoms with Crippen molar-refractivity contribution in [1.29, 1.82) is 0 Å². The van der Waals surface area contributed by atoms with Gasteiger partial charge in [0.05, 0.1) is 4.90 Å². The van der Waals surface area contributed by atoms with Gasteiger partial charge >= 0.3 is 0 Å². The minimum absolute atomic E-state index is 0.00496. The molecule has 0 aliphatic carbocycles. The van der Waals surface area contributed by atoms with Crippen molar-refractivity contribution in [1.82, 2.24) is 14.5 Å². The number of sulfonamides is 1. The smallest absolute Gasteiger partial charge is 0.246 e. The zero-order valence-electron chi connectivity index (χ0n) is 14.2. The molecule has 1 aliphatic rings. The molecule has 132 valence electrons. The molecule has 1 heterocycles. The molecule has 1 saturated heterocycles. The molecule has 0 bridgehead atoms. The van der Waals surface area contributed by atoms with Gasteiger partial charge in [0.2, 0.25) is 15.9 Å². The monoisotopic (exact) mass is 351 g/mol. The Morgan fingerprint density at radius 2 is 1.88 bits per heavy atom. The van der Waals surface area contributed by atoms with Crippen LogP contribution in [-0.2, 0) is 14.8 Å². The number of nitrogens with one attached hydrogen (secondary N) is 1. The lowest BCUT2D eigenvalue weighted by Gasteiger charge is -2.18. The zero-order chi connectivity index (χ0) is 17.6. The Morgan fingerprint density at radius 3 is 2.54 bits per heavy atom. The maximum Gasteiger partial charge on any atom is 0.246 e. The molecule has 0 spiro atoms. The Balaban J connectivity index is 2.00. The molecule has 1 aromatic rings. The summed E-state index contributed by atoms with van der Waals surface area (Å²) in [5.41, 5.74) is 0.797. The Hall–Kier alpha value is -1.70. The molecule has 1 fully saturated rings. The fourth-order valence-electron chi connectivity index (χ4n) is 2.57. The van der Waals surface area contributed by atoms with Gasteiger partial charge in [-0.15, -0.1) is 0 Å². The van der Waals surface area contributed by atoms with Crippen molar-refractivity contribution in [3.8, 4) is 0 Å². The normalized spacial score (nSPS) is 17.2. The van der Waals surface area contributed by atoms with Crippen LogP contribution >= 0.6 is 0 Å². The summed E-state index contributed by atoms with van der Waals surface area (Å²) in [5.74, 6) is -0.00496. The Bertz CT molecular complexity index is 684. The van der Waals surface area contributed by atoms with E-state index < -0.39 is 10.0 Å². The number of hydrogen-bond acceptors (Lipinski definition) is 4. The van der Waals surface area contributed by atoms with E-state index in [2.05, 4.69) is 16.7 Å². The third-order valence-corrected chi connectivity index (χ3v) is 5.54. The number of amides is 1. The van der Waals surface area contributed by atoms with Crippen molar-refractivity contribution >= 4 is 22.0 Å². The van der Waals surface area contributed by atoms with Gasteiger partial charge < -0.3 is 9.80 Å². The number of rotatable bonds is 5. The van der Waals surface area contributed by atoms with E-state index >= 15 is 0 Å². The summed E-state index contributed by atoms with van der Waals surface area (Å²) in [6, 6.07) is 6.49. The fourth-order valence-corrected chi connectivity index (χ4v) is 3.61. The average molecular weight is 351 g/mol. The van der Waals surface area contributed by atoms with E-state index in [1.54, 1.807) is 43.3 Å². The highest BCUT2D eigenvalue weighted by Crippen LogP contribution is 2.12. The Morgan fingerprint density at radius 1 is 1.17 bits per heavy atom. The summed E-state index contributed by atoms with van der Waals surface area (Å²) in [6.45, 7) is 5.49. The first kappa shape index (κ1) is 18.6. The van der Waals surface area contributed by atoms with E-state index in [1.807, 2.05) is 4.90 Å². The number of nitrogens with zero attached hydrogens (tertiary/aromatic N) is 2. The van der Waals surface area contributed by atoms with Crippen molar-refractivity contribution in [2.45, 2.75) is 18.2 Å². The molecule has 1 aliphatic heterocycles. The first-order valence-corrected chi connectivity index (χ1v) is 9.66. The van der Waals surface area contributed by atoms with Crippen LogP contribution in [-0.4, -0.2) is 63.9 Å². The second-order valence-electron chi connectivity index (χ2n) is 5.89. The predicted octanol–water partition coefficient (Wildman–Crippen LogP) is 1.16. The third kappa shape index (κ3) is 5.15. The van der Waals surface area contributed by atoms with Gasteiger partial charge in [0.25, 0.3) is 0 Å². The van der Waals surface area contributed by atoms with Crippen molar-refractivity contribution in [3.63, 3.8) is 0 Å². The summed E-state index contributed by atoms with van der Waals surface area (Å²) in [7, 11) is -1.38. The van der Waals surface area contributed by atoms with Crippen LogP contribution in [0.25, 0.3) is 6.08 Å². The summed E-state index contributed by atoms with van der Waals surface area (Å²) in [5, 5.41) is 0. The average Bonchev–Trinajstić information content (AvgIpc) is 2.77. The molecule has 1 aromatic carbocycles. The molecule has 24 heavy (non-hydrogen) atoms. The second kappa shape index (κ2) is 8.41. The molecule has 0 aromatic heterocycles. The highest BCUT2D eigenvalue weighted by atomic mass is 32.2. The summed E-state index contributed by atoms with van der Waals surface area (Å²) in [6.07, 6.45) is 4.26. The van der Waals surface area contributed by atoms with Crippen molar-refractivity contribution in [3.05, 3.63) is 35.9 Å². The molecule has 1 amide bonds. The van der Waals surface area contributed by atoms with Crippen LogP contribution in [0.3, 0.4) is 0 Å². The van der Waals surface area contributed by atoms with Crippen LogP contribution < -0.4 is 4.72 Å². The molecule has 1 N–H and O–H groups in total. The minimum atomic E-state index is -3.44. The molecule has 2 rings (SSSR count). The first-order valence-electron chi connectivity index (χ1n) is 8.17. The largest absolute Gasteiger partial charge is 0.338 e. The van der Waals surface area contributed by atoms with Crippen LogP contribution in [0.5, 0.6) is 0 Å². The van der Waals surface area contributed by atoms with Gasteiger partial charge in [-0.05, 0) is 43.8 Å². The SMILES string of the molecule is CCNS(=O)(=O)c1ccc(/C=C/C(=O)N2CCCN(C)CC2)cc1. The number of carbonyl (C=O) groups is 1. The topological polar surface area (TPSA) is 69.7 Å². The van der Waals surface area contributed by atoms with Crippen LogP contribution in [0, 0.1) is 0 Å². The number of hydrogen-bond donors (Lipinski definition) is 1. The first-order chi connectivity index (χ1) is 11.4.